The number of hydrogen-bond donors (Lipinski definition) is 1. The molecule has 1 aromatic rings. The largest absolute Gasteiger partial charge is 0.313 e. The van der Waals surface area contributed by atoms with Crippen LogP contribution in [-0.4, -0.2) is 28.8 Å². The number of hydrogen-bond acceptors (Lipinski definition) is 2. The Balaban J connectivity index is 2.10. The summed E-state index contributed by atoms with van der Waals surface area (Å²) in [6.07, 6.45) is 3.99. The molecule has 3 heteroatoms. The maximum Gasteiger partial charge on any atom is 0.0383 e. The molecule has 1 rings (SSSR count). The Bertz CT molecular complexity index is 313. The van der Waals surface area contributed by atoms with Crippen LogP contribution in [0.1, 0.15) is 18.9 Å². The molecule has 0 saturated heterocycles. The Morgan fingerprint density at radius 1 is 1.31 bits per heavy atom. The summed E-state index contributed by atoms with van der Waals surface area (Å²) < 4.78 is 11.0. The van der Waals surface area contributed by atoms with E-state index in [4.69, 9.17) is 0 Å². The fraction of sp³-hybridized carbons (Fsp3) is 0.538. The van der Waals surface area contributed by atoms with Crippen LogP contribution in [0.5, 0.6) is 0 Å². The molecular formula is C13H21NOS. The molecule has 0 aliphatic heterocycles. The average Bonchev–Trinajstić information content (AvgIpc) is 2.25. The maximum atomic E-state index is 11.0. The Morgan fingerprint density at radius 2 is 2.00 bits per heavy atom. The van der Waals surface area contributed by atoms with Crippen molar-refractivity contribution < 1.29 is 4.21 Å². The second-order valence-electron chi connectivity index (χ2n) is 4.18. The third-order valence-electron chi connectivity index (χ3n) is 2.46. The molecule has 0 aliphatic carbocycles. The van der Waals surface area contributed by atoms with Crippen LogP contribution in [0.25, 0.3) is 0 Å². The van der Waals surface area contributed by atoms with E-state index in [0.717, 1.165) is 25.1 Å². The van der Waals surface area contributed by atoms with Gasteiger partial charge in [-0.25, -0.2) is 0 Å². The van der Waals surface area contributed by atoms with Crippen LogP contribution in [0.4, 0.5) is 0 Å². The summed E-state index contributed by atoms with van der Waals surface area (Å²) in [5.74, 6) is 0.741. The molecule has 2 nitrogen and oxygen atoms in total. The zero-order valence-electron chi connectivity index (χ0n) is 10.1. The second-order valence-corrected chi connectivity index (χ2v) is 5.66. The first kappa shape index (κ1) is 13.4. The van der Waals surface area contributed by atoms with Crippen molar-refractivity contribution in [3.63, 3.8) is 0 Å². The fourth-order valence-electron chi connectivity index (χ4n) is 1.70. The highest BCUT2D eigenvalue weighted by Crippen LogP contribution is 2.01. The molecule has 2 unspecified atom stereocenters. The summed E-state index contributed by atoms with van der Waals surface area (Å²) in [4.78, 5) is 0. The molecule has 0 spiro atoms. The molecule has 0 saturated carbocycles. The molecule has 0 fully saturated rings. The van der Waals surface area contributed by atoms with Crippen LogP contribution in [0.2, 0.25) is 0 Å². The third kappa shape index (κ3) is 6.03. The Labute approximate surface area is 101 Å². The van der Waals surface area contributed by atoms with Gasteiger partial charge < -0.3 is 5.32 Å². The van der Waals surface area contributed by atoms with Crippen LogP contribution in [0.15, 0.2) is 30.3 Å². The monoisotopic (exact) mass is 239 g/mol. The average molecular weight is 239 g/mol. The van der Waals surface area contributed by atoms with Crippen molar-refractivity contribution in [1.29, 1.82) is 0 Å². The lowest BCUT2D eigenvalue weighted by Gasteiger charge is -2.11. The number of aryl methyl sites for hydroxylation is 1. The molecule has 0 aliphatic rings. The molecule has 1 N–H and O–H groups in total. The molecule has 0 bridgehead atoms. The van der Waals surface area contributed by atoms with Crippen molar-refractivity contribution in [2.75, 3.05) is 18.6 Å². The van der Waals surface area contributed by atoms with E-state index in [0.29, 0.717) is 6.04 Å². The van der Waals surface area contributed by atoms with Crippen molar-refractivity contribution in [3.05, 3.63) is 35.9 Å². The molecule has 0 amide bonds. The second kappa shape index (κ2) is 7.58. The van der Waals surface area contributed by atoms with Gasteiger partial charge in [-0.05, 0) is 31.9 Å². The molecule has 90 valence electrons. The van der Waals surface area contributed by atoms with Crippen LogP contribution in [0, 0.1) is 0 Å². The summed E-state index contributed by atoms with van der Waals surface area (Å²) in [5.41, 5.74) is 1.39. The molecule has 1 aromatic carbocycles. The predicted molar refractivity (Wildman–Crippen MR) is 71.2 cm³/mol. The summed E-state index contributed by atoms with van der Waals surface area (Å²) in [7, 11) is -0.700. The van der Waals surface area contributed by atoms with Crippen LogP contribution < -0.4 is 5.32 Å². The van der Waals surface area contributed by atoms with Crippen LogP contribution in [0.3, 0.4) is 0 Å². The summed E-state index contributed by atoms with van der Waals surface area (Å²) in [5, 5.41) is 3.39. The lowest BCUT2D eigenvalue weighted by Crippen LogP contribution is -2.31. The zero-order chi connectivity index (χ0) is 11.8. The van der Waals surface area contributed by atoms with E-state index in [1.165, 1.54) is 5.56 Å². The van der Waals surface area contributed by atoms with Crippen molar-refractivity contribution in [2.24, 2.45) is 0 Å². The van der Waals surface area contributed by atoms with Gasteiger partial charge in [-0.2, -0.15) is 0 Å². The minimum Gasteiger partial charge on any atom is -0.313 e. The van der Waals surface area contributed by atoms with Gasteiger partial charge in [-0.15, -0.1) is 0 Å². The van der Waals surface area contributed by atoms with E-state index in [2.05, 4.69) is 36.5 Å². The van der Waals surface area contributed by atoms with E-state index < -0.39 is 10.8 Å². The Hall–Kier alpha value is -0.670. The van der Waals surface area contributed by atoms with Gasteiger partial charge in [0.15, 0.2) is 0 Å². The van der Waals surface area contributed by atoms with Gasteiger partial charge in [0.05, 0.1) is 0 Å². The minimum absolute atomic E-state index is 0.349. The number of nitrogens with one attached hydrogen (secondary N) is 1. The zero-order valence-corrected chi connectivity index (χ0v) is 10.9. The fourth-order valence-corrected chi connectivity index (χ4v) is 2.52. The molecule has 0 heterocycles. The smallest absolute Gasteiger partial charge is 0.0383 e. The lowest BCUT2D eigenvalue weighted by atomic mass is 10.1. The summed E-state index contributed by atoms with van der Waals surface area (Å²) >= 11 is 0. The van der Waals surface area contributed by atoms with E-state index >= 15 is 0 Å². The number of rotatable bonds is 7. The Morgan fingerprint density at radius 3 is 2.62 bits per heavy atom. The van der Waals surface area contributed by atoms with Gasteiger partial charge in [0, 0.05) is 28.9 Å². The quantitative estimate of drug-likeness (QED) is 0.737. The van der Waals surface area contributed by atoms with Crippen LogP contribution >= 0.6 is 0 Å². The highest BCUT2D eigenvalue weighted by Gasteiger charge is 2.02. The molecule has 0 aromatic heterocycles. The van der Waals surface area contributed by atoms with Crippen molar-refractivity contribution in [1.82, 2.24) is 5.32 Å². The molecule has 2 atom stereocenters. The standard InChI is InChI=1S/C13H21NOS/c1-12(11-16(2)15)14-10-6-9-13-7-4-3-5-8-13/h3-5,7-8,12,14H,6,9-11H2,1-2H3. The van der Waals surface area contributed by atoms with E-state index in [1.54, 1.807) is 6.26 Å². The van der Waals surface area contributed by atoms with Crippen molar-refractivity contribution in [3.8, 4) is 0 Å². The van der Waals surface area contributed by atoms with Crippen molar-refractivity contribution >= 4 is 10.8 Å². The molecule has 0 radical (unpaired) electrons. The van der Waals surface area contributed by atoms with Gasteiger partial charge in [-0.3, -0.25) is 4.21 Å². The van der Waals surface area contributed by atoms with Gasteiger partial charge in [-0.1, -0.05) is 30.3 Å². The highest BCUT2D eigenvalue weighted by atomic mass is 32.2. The van der Waals surface area contributed by atoms with Gasteiger partial charge >= 0.3 is 0 Å². The lowest BCUT2D eigenvalue weighted by molar-refractivity contribution is 0.570. The Kier molecular flexibility index (Phi) is 6.34. The van der Waals surface area contributed by atoms with E-state index in [1.807, 2.05) is 6.07 Å². The van der Waals surface area contributed by atoms with Gasteiger partial charge in [0.1, 0.15) is 0 Å². The third-order valence-corrected chi connectivity index (χ3v) is 3.43. The summed E-state index contributed by atoms with van der Waals surface area (Å²) in [6.45, 7) is 3.08. The number of benzene rings is 1. The first-order valence-corrected chi connectivity index (χ1v) is 7.48. The van der Waals surface area contributed by atoms with E-state index in [9.17, 15) is 4.21 Å². The first-order valence-electron chi connectivity index (χ1n) is 5.76. The highest BCUT2D eigenvalue weighted by molar-refractivity contribution is 7.84. The summed E-state index contributed by atoms with van der Waals surface area (Å²) in [6, 6.07) is 10.9. The minimum atomic E-state index is -0.700. The molecule has 16 heavy (non-hydrogen) atoms. The predicted octanol–water partition coefficient (Wildman–Crippen LogP) is 1.98. The van der Waals surface area contributed by atoms with Crippen molar-refractivity contribution in [2.45, 2.75) is 25.8 Å². The maximum absolute atomic E-state index is 11.0. The topological polar surface area (TPSA) is 29.1 Å². The normalized spacial score (nSPS) is 14.6. The van der Waals surface area contributed by atoms with E-state index in [-0.39, 0.29) is 0 Å². The molecular weight excluding hydrogens is 218 g/mol. The first-order chi connectivity index (χ1) is 7.68. The van der Waals surface area contributed by atoms with Gasteiger partial charge in [0.2, 0.25) is 0 Å². The van der Waals surface area contributed by atoms with Gasteiger partial charge in [0.25, 0.3) is 0 Å². The SMILES string of the molecule is CC(CS(C)=O)NCCCc1ccccc1. The van der Waals surface area contributed by atoms with Crippen LogP contribution in [-0.2, 0) is 17.2 Å².